The lowest BCUT2D eigenvalue weighted by molar-refractivity contribution is -0.121. The molecule has 3 aromatic carbocycles. The number of hydrogen-bond donors (Lipinski definition) is 2. The Morgan fingerprint density at radius 1 is 0.727 bits per heavy atom. The number of benzene rings is 3. The fourth-order valence-electron chi connectivity index (χ4n) is 4.85. The van der Waals surface area contributed by atoms with Crippen molar-refractivity contribution in [2.75, 3.05) is 7.11 Å². The number of aromatic hydroxyl groups is 2. The summed E-state index contributed by atoms with van der Waals surface area (Å²) in [5.74, 6) is -0.459. The van der Waals surface area contributed by atoms with Gasteiger partial charge in [0.05, 0.1) is 24.6 Å². The first-order valence-corrected chi connectivity index (χ1v) is 11.2. The van der Waals surface area contributed by atoms with Crippen LogP contribution in [0.2, 0.25) is 0 Å². The van der Waals surface area contributed by atoms with Gasteiger partial charge in [-0.1, -0.05) is 91.0 Å². The highest BCUT2D eigenvalue weighted by Gasteiger charge is 2.59. The molecule has 0 aliphatic rings. The molecular weight excluding hydrogens is 434 g/mol. The van der Waals surface area contributed by atoms with E-state index in [0.29, 0.717) is 12.0 Å². The van der Waals surface area contributed by atoms with Crippen LogP contribution >= 0.6 is 12.0 Å². The van der Waals surface area contributed by atoms with E-state index in [4.69, 9.17) is 4.18 Å². The van der Waals surface area contributed by atoms with Crippen LogP contribution in [0.4, 0.5) is 0 Å². The van der Waals surface area contributed by atoms with Crippen LogP contribution in [0.15, 0.2) is 103 Å². The van der Waals surface area contributed by atoms with Crippen LogP contribution in [0.1, 0.15) is 23.6 Å². The zero-order valence-electron chi connectivity index (χ0n) is 18.4. The molecule has 1 unspecified atom stereocenters. The minimum Gasteiger partial charge on any atom is -0.494 e. The predicted octanol–water partition coefficient (Wildman–Crippen LogP) is 5.47. The fraction of sp³-hybridized carbons (Fsp3) is 0.148. The maximum Gasteiger partial charge on any atom is 0.243 e. The van der Waals surface area contributed by atoms with Gasteiger partial charge in [-0.3, -0.25) is 9.36 Å². The summed E-state index contributed by atoms with van der Waals surface area (Å²) in [5.41, 5.74) is -0.227. The first-order valence-electron chi connectivity index (χ1n) is 10.5. The molecule has 1 atom stereocenters. The average molecular weight is 460 g/mol. The second-order valence-electron chi connectivity index (χ2n) is 7.84. The fourth-order valence-corrected chi connectivity index (χ4v) is 5.41. The van der Waals surface area contributed by atoms with Gasteiger partial charge >= 0.3 is 0 Å². The first-order chi connectivity index (χ1) is 16.0. The van der Waals surface area contributed by atoms with Gasteiger partial charge < -0.3 is 14.4 Å². The van der Waals surface area contributed by atoms with Crippen LogP contribution < -0.4 is 0 Å². The lowest BCUT2D eigenvalue weighted by atomic mass is 9.58. The Kier molecular flexibility index (Phi) is 6.31. The molecule has 0 bridgehead atoms. The van der Waals surface area contributed by atoms with Crippen LogP contribution in [0.5, 0.6) is 11.8 Å². The molecule has 0 aliphatic heterocycles. The van der Waals surface area contributed by atoms with Gasteiger partial charge in [-0.05, 0) is 23.6 Å². The van der Waals surface area contributed by atoms with Crippen molar-refractivity contribution in [3.8, 4) is 11.8 Å². The Labute approximate surface area is 197 Å². The van der Waals surface area contributed by atoms with Crippen molar-refractivity contribution < 1.29 is 19.2 Å². The number of carbonyl (C=O) groups excluding carboxylic acids is 1. The summed E-state index contributed by atoms with van der Waals surface area (Å²) >= 11 is 0.683. The topological polar surface area (TPSA) is 71.7 Å². The van der Waals surface area contributed by atoms with Crippen LogP contribution in [-0.4, -0.2) is 27.0 Å². The van der Waals surface area contributed by atoms with Gasteiger partial charge in [-0.15, -0.1) is 0 Å². The molecule has 0 saturated heterocycles. The lowest BCUT2D eigenvalue weighted by Gasteiger charge is -2.49. The van der Waals surface area contributed by atoms with Crippen molar-refractivity contribution in [2.45, 2.75) is 17.9 Å². The van der Waals surface area contributed by atoms with E-state index in [-0.39, 0.29) is 16.9 Å². The third-order valence-corrected chi connectivity index (χ3v) is 6.91. The quantitative estimate of drug-likeness (QED) is 0.283. The number of hydrogen-bond acceptors (Lipinski definition) is 5. The van der Waals surface area contributed by atoms with Gasteiger partial charge in [0.25, 0.3) is 0 Å². The lowest BCUT2D eigenvalue weighted by Crippen LogP contribution is -2.56. The average Bonchev–Trinajstić information content (AvgIpc) is 3.20. The van der Waals surface area contributed by atoms with Gasteiger partial charge in [-0.2, -0.15) is 0 Å². The van der Waals surface area contributed by atoms with E-state index in [9.17, 15) is 15.0 Å². The van der Waals surface area contributed by atoms with E-state index in [1.54, 1.807) is 6.92 Å². The number of rotatable bonds is 7. The van der Waals surface area contributed by atoms with Crippen LogP contribution in [0, 0.1) is 0 Å². The molecule has 0 aliphatic carbocycles. The Balaban J connectivity index is 2.25. The summed E-state index contributed by atoms with van der Waals surface area (Å²) < 4.78 is 6.51. The van der Waals surface area contributed by atoms with Crippen molar-refractivity contribution in [3.63, 3.8) is 0 Å². The molecule has 33 heavy (non-hydrogen) atoms. The highest BCUT2D eigenvalue weighted by molar-refractivity contribution is 8.09. The van der Waals surface area contributed by atoms with E-state index in [1.807, 2.05) is 91.0 Å². The molecule has 0 fully saturated rings. The summed E-state index contributed by atoms with van der Waals surface area (Å²) in [4.78, 5) is 14.0. The van der Waals surface area contributed by atoms with E-state index < -0.39 is 11.0 Å². The van der Waals surface area contributed by atoms with Gasteiger partial charge in [0.1, 0.15) is 5.54 Å². The van der Waals surface area contributed by atoms with Gasteiger partial charge in [0.15, 0.2) is 11.8 Å². The van der Waals surface area contributed by atoms with Crippen LogP contribution in [0.25, 0.3) is 0 Å². The number of carbonyl (C=O) groups is 1. The minimum atomic E-state index is -1.55. The summed E-state index contributed by atoms with van der Waals surface area (Å²) in [6, 6.07) is 31.8. The van der Waals surface area contributed by atoms with Crippen LogP contribution in [0.3, 0.4) is 0 Å². The Morgan fingerprint density at radius 3 is 1.42 bits per heavy atom. The van der Waals surface area contributed by atoms with Crippen LogP contribution in [-0.2, 0) is 19.9 Å². The molecule has 0 saturated carbocycles. The van der Waals surface area contributed by atoms with E-state index >= 15 is 0 Å². The number of aromatic nitrogens is 1. The van der Waals surface area contributed by atoms with E-state index in [2.05, 4.69) is 0 Å². The zero-order valence-corrected chi connectivity index (χ0v) is 19.2. The molecule has 1 heterocycles. The number of nitrogens with zero attached hydrogens (tertiary/aromatic N) is 1. The van der Waals surface area contributed by atoms with Gasteiger partial charge in [-0.25, -0.2) is 0 Å². The molecule has 1 aromatic heterocycles. The standard InChI is InChI=1S/C27H25NO4S/c1-26(25(31)33-32-2,28-23(29)18-19-24(28)30)27(20-12-6-3-7-13-20,21-14-8-4-9-15-21)22-16-10-5-11-17-22/h3-19,29-30H,1-2H3. The Hall–Kier alpha value is -3.48. The van der Waals surface area contributed by atoms with Crippen molar-refractivity contribution in [1.29, 1.82) is 0 Å². The molecule has 4 rings (SSSR count). The second kappa shape index (κ2) is 9.17. The molecule has 0 radical (unpaired) electrons. The molecule has 2 N–H and O–H groups in total. The van der Waals surface area contributed by atoms with E-state index in [0.717, 1.165) is 16.7 Å². The zero-order chi connectivity index (χ0) is 23.5. The Bertz CT molecular complexity index is 1110. The highest BCUT2D eigenvalue weighted by Crippen LogP contribution is 2.55. The van der Waals surface area contributed by atoms with E-state index in [1.165, 1.54) is 23.8 Å². The van der Waals surface area contributed by atoms with Crippen molar-refractivity contribution >= 4 is 17.2 Å². The third-order valence-electron chi connectivity index (χ3n) is 6.19. The third kappa shape index (κ3) is 3.52. The summed E-state index contributed by atoms with van der Waals surface area (Å²) in [6.45, 7) is 1.73. The van der Waals surface area contributed by atoms with Crippen molar-refractivity contribution in [3.05, 3.63) is 120 Å². The molecule has 5 nitrogen and oxygen atoms in total. The van der Waals surface area contributed by atoms with Gasteiger partial charge in [0, 0.05) is 12.1 Å². The van der Waals surface area contributed by atoms with Crippen molar-refractivity contribution in [1.82, 2.24) is 4.57 Å². The molecule has 6 heteroatoms. The molecule has 4 aromatic rings. The maximum absolute atomic E-state index is 14.0. The normalized spacial score (nSPS) is 13.4. The second-order valence-corrected chi connectivity index (χ2v) is 8.71. The highest BCUT2D eigenvalue weighted by atomic mass is 32.2. The smallest absolute Gasteiger partial charge is 0.243 e. The molecule has 0 spiro atoms. The van der Waals surface area contributed by atoms with Gasteiger partial charge in [0.2, 0.25) is 5.12 Å². The summed E-state index contributed by atoms with van der Waals surface area (Å²) in [7, 11) is 1.42. The Morgan fingerprint density at radius 2 is 1.09 bits per heavy atom. The predicted molar refractivity (Wildman–Crippen MR) is 130 cm³/mol. The SMILES string of the molecule is COSC(=O)C(C)(n1c(O)ccc1O)C(c1ccccc1)(c1ccccc1)c1ccccc1. The first kappa shape index (κ1) is 22.7. The molecule has 0 amide bonds. The maximum atomic E-state index is 14.0. The summed E-state index contributed by atoms with van der Waals surface area (Å²) in [6.07, 6.45) is 0. The minimum absolute atomic E-state index is 0.229. The molecule has 168 valence electrons. The largest absolute Gasteiger partial charge is 0.494 e. The summed E-state index contributed by atoms with van der Waals surface area (Å²) in [5, 5.41) is 21.4. The monoisotopic (exact) mass is 459 g/mol. The van der Waals surface area contributed by atoms with Crippen molar-refractivity contribution in [2.24, 2.45) is 0 Å². The molecular formula is C27H25NO4S.